The van der Waals surface area contributed by atoms with Gasteiger partial charge in [0.1, 0.15) is 0 Å². The summed E-state index contributed by atoms with van der Waals surface area (Å²) in [4.78, 5) is 8.11. The van der Waals surface area contributed by atoms with Crippen LogP contribution in [0.25, 0.3) is 0 Å². The Hall–Kier alpha value is -0.650. The van der Waals surface area contributed by atoms with Crippen LogP contribution in [-0.4, -0.2) is 41.7 Å². The summed E-state index contributed by atoms with van der Waals surface area (Å²) < 4.78 is 5.71. The molecule has 0 atom stereocenters. The lowest BCUT2D eigenvalue weighted by atomic mass is 10.1. The van der Waals surface area contributed by atoms with Gasteiger partial charge in [-0.05, 0) is 20.8 Å². The largest absolute Gasteiger partial charge is 0.373 e. The van der Waals surface area contributed by atoms with Gasteiger partial charge in [0.05, 0.1) is 12.2 Å². The van der Waals surface area contributed by atoms with Crippen molar-refractivity contribution in [3.05, 3.63) is 11.1 Å². The molecule has 2 heterocycles. The lowest BCUT2D eigenvalue weighted by Gasteiger charge is -2.37. The van der Waals surface area contributed by atoms with Gasteiger partial charge in [-0.3, -0.25) is 4.90 Å². The van der Waals surface area contributed by atoms with Gasteiger partial charge in [-0.15, -0.1) is 11.3 Å². The molecule has 0 aliphatic carbocycles. The molecule has 0 spiro atoms. The van der Waals surface area contributed by atoms with E-state index in [4.69, 9.17) is 4.74 Å². The van der Waals surface area contributed by atoms with Gasteiger partial charge >= 0.3 is 0 Å². The van der Waals surface area contributed by atoms with Crippen LogP contribution in [-0.2, 0) is 11.3 Å². The van der Waals surface area contributed by atoms with E-state index in [-0.39, 0.29) is 5.60 Å². The SMILES string of the molecule is CCNc1ncc(CN2CCOC(C)(C)C2)s1. The van der Waals surface area contributed by atoms with Gasteiger partial charge in [0.2, 0.25) is 0 Å². The van der Waals surface area contributed by atoms with E-state index in [0.717, 1.165) is 37.9 Å². The molecule has 2 rings (SSSR count). The van der Waals surface area contributed by atoms with Gasteiger partial charge in [0, 0.05) is 37.3 Å². The molecular formula is C12H21N3OS. The molecule has 4 nitrogen and oxygen atoms in total. The highest BCUT2D eigenvalue weighted by molar-refractivity contribution is 7.15. The Bertz CT molecular complexity index is 364. The molecule has 0 saturated carbocycles. The maximum absolute atomic E-state index is 5.71. The van der Waals surface area contributed by atoms with Gasteiger partial charge in [-0.1, -0.05) is 0 Å². The lowest BCUT2D eigenvalue weighted by Crippen LogP contribution is -2.47. The van der Waals surface area contributed by atoms with Crippen LogP contribution in [0, 0.1) is 0 Å². The minimum Gasteiger partial charge on any atom is -0.373 e. The van der Waals surface area contributed by atoms with Crippen LogP contribution >= 0.6 is 11.3 Å². The highest BCUT2D eigenvalue weighted by Crippen LogP contribution is 2.22. The van der Waals surface area contributed by atoms with E-state index < -0.39 is 0 Å². The Balaban J connectivity index is 1.91. The molecule has 0 amide bonds. The predicted molar refractivity (Wildman–Crippen MR) is 71.6 cm³/mol. The van der Waals surface area contributed by atoms with Crippen LogP contribution in [0.3, 0.4) is 0 Å². The number of hydrogen-bond acceptors (Lipinski definition) is 5. The molecule has 1 fully saturated rings. The zero-order chi connectivity index (χ0) is 12.3. The van der Waals surface area contributed by atoms with Crippen molar-refractivity contribution in [2.75, 3.05) is 31.6 Å². The molecule has 1 saturated heterocycles. The molecule has 1 aliphatic rings. The number of nitrogens with one attached hydrogen (secondary N) is 1. The molecule has 0 aromatic carbocycles. The number of rotatable bonds is 4. The zero-order valence-electron chi connectivity index (χ0n) is 10.8. The molecule has 1 aromatic rings. The first-order valence-corrected chi connectivity index (χ1v) is 6.95. The molecule has 0 bridgehead atoms. The van der Waals surface area contributed by atoms with Crippen LogP contribution in [0.5, 0.6) is 0 Å². The molecule has 5 heteroatoms. The van der Waals surface area contributed by atoms with Crippen molar-refractivity contribution in [3.8, 4) is 0 Å². The third kappa shape index (κ3) is 3.66. The first-order valence-electron chi connectivity index (χ1n) is 6.14. The fourth-order valence-electron chi connectivity index (χ4n) is 2.08. The zero-order valence-corrected chi connectivity index (χ0v) is 11.6. The van der Waals surface area contributed by atoms with Crippen molar-refractivity contribution in [1.29, 1.82) is 0 Å². The van der Waals surface area contributed by atoms with E-state index in [1.165, 1.54) is 4.88 Å². The summed E-state index contributed by atoms with van der Waals surface area (Å²) in [6, 6.07) is 0. The van der Waals surface area contributed by atoms with Crippen LogP contribution < -0.4 is 5.32 Å². The van der Waals surface area contributed by atoms with Crippen molar-refractivity contribution < 1.29 is 4.74 Å². The minimum absolute atomic E-state index is 0.0204. The number of hydrogen-bond donors (Lipinski definition) is 1. The summed E-state index contributed by atoms with van der Waals surface area (Å²) >= 11 is 1.75. The first kappa shape index (κ1) is 12.8. The van der Waals surface area contributed by atoms with E-state index in [1.54, 1.807) is 11.3 Å². The topological polar surface area (TPSA) is 37.4 Å². The molecule has 1 aliphatic heterocycles. The minimum atomic E-state index is -0.0204. The second-order valence-corrected chi connectivity index (χ2v) is 6.10. The summed E-state index contributed by atoms with van der Waals surface area (Å²) in [5, 5.41) is 4.27. The van der Waals surface area contributed by atoms with Gasteiger partial charge in [0.25, 0.3) is 0 Å². The summed E-state index contributed by atoms with van der Waals surface area (Å²) in [7, 11) is 0. The average Bonchev–Trinajstić information content (AvgIpc) is 2.64. The maximum atomic E-state index is 5.71. The number of nitrogens with zero attached hydrogens (tertiary/aromatic N) is 2. The maximum Gasteiger partial charge on any atom is 0.182 e. The molecule has 17 heavy (non-hydrogen) atoms. The quantitative estimate of drug-likeness (QED) is 0.895. The molecule has 0 unspecified atom stereocenters. The van der Waals surface area contributed by atoms with Crippen molar-refractivity contribution in [3.63, 3.8) is 0 Å². The van der Waals surface area contributed by atoms with Crippen molar-refractivity contribution in [1.82, 2.24) is 9.88 Å². The second-order valence-electron chi connectivity index (χ2n) is 4.98. The highest BCUT2D eigenvalue weighted by atomic mass is 32.1. The van der Waals surface area contributed by atoms with E-state index in [9.17, 15) is 0 Å². The summed E-state index contributed by atoms with van der Waals surface area (Å²) in [5.41, 5.74) is -0.0204. The number of ether oxygens (including phenoxy) is 1. The lowest BCUT2D eigenvalue weighted by molar-refractivity contribution is -0.0880. The van der Waals surface area contributed by atoms with Crippen molar-refractivity contribution in [2.45, 2.75) is 32.9 Å². The normalized spacial score (nSPS) is 20.4. The third-order valence-corrected chi connectivity index (χ3v) is 3.71. The highest BCUT2D eigenvalue weighted by Gasteiger charge is 2.27. The van der Waals surface area contributed by atoms with Gasteiger partial charge in [-0.25, -0.2) is 4.98 Å². The van der Waals surface area contributed by atoms with E-state index in [0.29, 0.717) is 0 Å². The summed E-state index contributed by atoms with van der Waals surface area (Å²) in [5.74, 6) is 0. The Labute approximate surface area is 107 Å². The Morgan fingerprint density at radius 1 is 1.59 bits per heavy atom. The number of morpholine rings is 1. The summed E-state index contributed by atoms with van der Waals surface area (Å²) in [6.45, 7) is 11.1. The van der Waals surface area contributed by atoms with E-state index in [1.807, 2.05) is 6.20 Å². The van der Waals surface area contributed by atoms with Crippen LogP contribution in [0.2, 0.25) is 0 Å². The molecule has 1 N–H and O–H groups in total. The van der Waals surface area contributed by atoms with E-state index in [2.05, 4.69) is 36.0 Å². The Kier molecular flexibility index (Phi) is 4.01. The van der Waals surface area contributed by atoms with Gasteiger partial charge in [-0.2, -0.15) is 0 Å². The number of thiazole rings is 1. The summed E-state index contributed by atoms with van der Waals surface area (Å²) in [6.07, 6.45) is 1.98. The van der Waals surface area contributed by atoms with Crippen LogP contribution in [0.4, 0.5) is 5.13 Å². The van der Waals surface area contributed by atoms with Crippen LogP contribution in [0.15, 0.2) is 6.20 Å². The molecule has 1 aromatic heterocycles. The Morgan fingerprint density at radius 2 is 2.41 bits per heavy atom. The molecular weight excluding hydrogens is 234 g/mol. The predicted octanol–water partition coefficient (Wildman–Crippen LogP) is 2.19. The number of aromatic nitrogens is 1. The fourth-order valence-corrected chi connectivity index (χ4v) is 3.01. The fraction of sp³-hybridized carbons (Fsp3) is 0.750. The van der Waals surface area contributed by atoms with Gasteiger partial charge in [0.15, 0.2) is 5.13 Å². The molecule has 0 radical (unpaired) electrons. The van der Waals surface area contributed by atoms with Gasteiger partial charge < -0.3 is 10.1 Å². The van der Waals surface area contributed by atoms with Crippen molar-refractivity contribution >= 4 is 16.5 Å². The average molecular weight is 255 g/mol. The smallest absolute Gasteiger partial charge is 0.182 e. The number of anilines is 1. The second kappa shape index (κ2) is 5.33. The third-order valence-electron chi connectivity index (χ3n) is 2.77. The first-order chi connectivity index (χ1) is 8.09. The standard InChI is InChI=1S/C12H21N3OS/c1-4-13-11-14-7-10(17-11)8-15-5-6-16-12(2,3)9-15/h7H,4-6,8-9H2,1-3H3,(H,13,14). The van der Waals surface area contributed by atoms with Crippen molar-refractivity contribution in [2.24, 2.45) is 0 Å². The van der Waals surface area contributed by atoms with E-state index >= 15 is 0 Å². The Morgan fingerprint density at radius 3 is 3.12 bits per heavy atom. The monoisotopic (exact) mass is 255 g/mol. The molecule has 96 valence electrons. The van der Waals surface area contributed by atoms with Crippen LogP contribution in [0.1, 0.15) is 25.6 Å².